The van der Waals surface area contributed by atoms with E-state index in [1.807, 2.05) is 18.2 Å². The summed E-state index contributed by atoms with van der Waals surface area (Å²) in [6, 6.07) is 11.6. The van der Waals surface area contributed by atoms with E-state index in [1.165, 1.54) is 12.1 Å². The molecule has 0 unspecified atom stereocenters. The second-order valence-electron chi connectivity index (χ2n) is 5.52. The van der Waals surface area contributed by atoms with E-state index in [0.29, 0.717) is 23.9 Å². The average molecular weight is 327 g/mol. The molecule has 1 heterocycles. The molecule has 1 N–H and O–H groups in total. The number of hydrogen-bond acceptors (Lipinski definition) is 3. The molecule has 0 aliphatic heterocycles. The van der Waals surface area contributed by atoms with E-state index in [0.717, 1.165) is 22.6 Å². The van der Waals surface area contributed by atoms with Crippen molar-refractivity contribution in [2.75, 3.05) is 14.2 Å². The molecular formula is C19H18FNO3. The molecule has 124 valence electrons. The summed E-state index contributed by atoms with van der Waals surface area (Å²) in [5.74, 6) is 1.10. The van der Waals surface area contributed by atoms with Crippen molar-refractivity contribution in [3.63, 3.8) is 0 Å². The number of fused-ring (bicyclic) bond motifs is 1. The van der Waals surface area contributed by atoms with Crippen molar-refractivity contribution in [3.8, 4) is 11.5 Å². The second-order valence-corrected chi connectivity index (χ2v) is 5.52. The Morgan fingerprint density at radius 1 is 1.08 bits per heavy atom. The Balaban J connectivity index is 1.77. The third-order valence-corrected chi connectivity index (χ3v) is 3.99. The number of hydrogen-bond donors (Lipinski definition) is 1. The van der Waals surface area contributed by atoms with Crippen LogP contribution < -0.4 is 9.47 Å². The molecule has 24 heavy (non-hydrogen) atoms. The third-order valence-electron chi connectivity index (χ3n) is 3.99. The van der Waals surface area contributed by atoms with Crippen LogP contribution in [0, 0.1) is 5.82 Å². The first kappa shape index (κ1) is 16.1. The zero-order valence-corrected chi connectivity index (χ0v) is 13.6. The van der Waals surface area contributed by atoms with Gasteiger partial charge in [-0.2, -0.15) is 0 Å². The lowest BCUT2D eigenvalue weighted by atomic mass is 10.0. The number of halogens is 1. The van der Waals surface area contributed by atoms with E-state index in [-0.39, 0.29) is 11.6 Å². The van der Waals surface area contributed by atoms with Crippen LogP contribution in [0.1, 0.15) is 22.5 Å². The highest BCUT2D eigenvalue weighted by atomic mass is 19.1. The van der Waals surface area contributed by atoms with Crippen molar-refractivity contribution >= 4 is 16.7 Å². The molecule has 2 aromatic carbocycles. The molecule has 0 aliphatic rings. The standard InChI is InChI=1S/C19H18FNO3/c1-23-15-5-8-19(24-2)12(10-15)3-7-18(22)17-11-13-9-14(20)4-6-16(13)21-17/h4-6,8-11,21H,3,7H2,1-2H3. The van der Waals surface area contributed by atoms with Crippen LogP contribution in [-0.2, 0) is 6.42 Å². The highest BCUT2D eigenvalue weighted by molar-refractivity contribution is 5.99. The smallest absolute Gasteiger partial charge is 0.179 e. The second kappa shape index (κ2) is 6.74. The van der Waals surface area contributed by atoms with E-state index >= 15 is 0 Å². The van der Waals surface area contributed by atoms with Gasteiger partial charge in [-0.05, 0) is 54.4 Å². The lowest BCUT2D eigenvalue weighted by Crippen LogP contribution is -2.03. The Labute approximate surface area is 139 Å². The molecular weight excluding hydrogens is 309 g/mol. The molecule has 0 spiro atoms. The summed E-state index contributed by atoms with van der Waals surface area (Å²) in [7, 11) is 3.19. The van der Waals surface area contributed by atoms with Gasteiger partial charge in [-0.3, -0.25) is 4.79 Å². The van der Waals surface area contributed by atoms with Gasteiger partial charge >= 0.3 is 0 Å². The maximum Gasteiger partial charge on any atom is 0.179 e. The number of carbonyl (C=O) groups is 1. The van der Waals surface area contributed by atoms with Crippen molar-refractivity contribution in [1.82, 2.24) is 4.98 Å². The number of H-pyrrole nitrogens is 1. The lowest BCUT2D eigenvalue weighted by molar-refractivity contribution is 0.0978. The Hall–Kier alpha value is -2.82. The molecule has 0 atom stereocenters. The molecule has 4 nitrogen and oxygen atoms in total. The molecule has 0 fully saturated rings. The van der Waals surface area contributed by atoms with Crippen LogP contribution >= 0.6 is 0 Å². The van der Waals surface area contributed by atoms with Crippen molar-refractivity contribution in [3.05, 3.63) is 59.5 Å². The number of benzene rings is 2. The first-order valence-electron chi connectivity index (χ1n) is 7.63. The van der Waals surface area contributed by atoms with Crippen molar-refractivity contribution in [2.24, 2.45) is 0 Å². The molecule has 0 amide bonds. The molecule has 3 rings (SSSR count). The van der Waals surface area contributed by atoms with Gasteiger partial charge in [0, 0.05) is 17.3 Å². The topological polar surface area (TPSA) is 51.3 Å². The minimum absolute atomic E-state index is 0.0310. The van der Waals surface area contributed by atoms with Gasteiger partial charge in [-0.1, -0.05) is 0 Å². The summed E-state index contributed by atoms with van der Waals surface area (Å²) in [5, 5.41) is 0.692. The highest BCUT2D eigenvalue weighted by Gasteiger charge is 2.12. The van der Waals surface area contributed by atoms with Crippen LogP contribution in [-0.4, -0.2) is 25.0 Å². The van der Waals surface area contributed by atoms with Gasteiger partial charge in [0.15, 0.2) is 5.78 Å². The van der Waals surface area contributed by atoms with E-state index in [9.17, 15) is 9.18 Å². The fourth-order valence-corrected chi connectivity index (χ4v) is 2.71. The van der Waals surface area contributed by atoms with E-state index in [1.54, 1.807) is 26.4 Å². The number of rotatable bonds is 6. The molecule has 3 aromatic rings. The zero-order chi connectivity index (χ0) is 17.1. The SMILES string of the molecule is COc1ccc(OC)c(CCC(=O)c2cc3cc(F)ccc3[nH]2)c1. The van der Waals surface area contributed by atoms with Gasteiger partial charge in [0.2, 0.25) is 0 Å². The van der Waals surface area contributed by atoms with Crippen LogP contribution in [0.5, 0.6) is 11.5 Å². The fourth-order valence-electron chi connectivity index (χ4n) is 2.71. The minimum atomic E-state index is -0.318. The lowest BCUT2D eigenvalue weighted by Gasteiger charge is -2.09. The van der Waals surface area contributed by atoms with E-state index in [2.05, 4.69) is 4.98 Å². The molecule has 0 saturated heterocycles. The van der Waals surface area contributed by atoms with Crippen LogP contribution in [0.15, 0.2) is 42.5 Å². The number of aromatic amines is 1. The van der Waals surface area contributed by atoms with E-state index < -0.39 is 0 Å². The van der Waals surface area contributed by atoms with Gasteiger partial charge in [-0.25, -0.2) is 4.39 Å². The number of ether oxygens (including phenoxy) is 2. The molecule has 5 heteroatoms. The Bertz CT molecular complexity index is 885. The molecule has 0 radical (unpaired) electrons. The van der Waals surface area contributed by atoms with Crippen molar-refractivity contribution in [2.45, 2.75) is 12.8 Å². The molecule has 1 aromatic heterocycles. The number of methoxy groups -OCH3 is 2. The largest absolute Gasteiger partial charge is 0.497 e. The summed E-state index contributed by atoms with van der Waals surface area (Å²) < 4.78 is 23.8. The van der Waals surface area contributed by atoms with Crippen LogP contribution in [0.2, 0.25) is 0 Å². The zero-order valence-electron chi connectivity index (χ0n) is 13.6. The van der Waals surface area contributed by atoms with Gasteiger partial charge < -0.3 is 14.5 Å². The van der Waals surface area contributed by atoms with Gasteiger partial charge in [0.25, 0.3) is 0 Å². The van der Waals surface area contributed by atoms with Gasteiger partial charge in [0.05, 0.1) is 19.9 Å². The highest BCUT2D eigenvalue weighted by Crippen LogP contribution is 2.26. The number of ketones is 1. The quantitative estimate of drug-likeness (QED) is 0.692. The first-order valence-corrected chi connectivity index (χ1v) is 7.63. The van der Waals surface area contributed by atoms with Crippen LogP contribution in [0.4, 0.5) is 4.39 Å². The number of aryl methyl sites for hydroxylation is 1. The van der Waals surface area contributed by atoms with Crippen molar-refractivity contribution in [1.29, 1.82) is 0 Å². The summed E-state index contributed by atoms with van der Waals surface area (Å²) in [5.41, 5.74) is 2.14. The molecule has 0 aliphatic carbocycles. The molecule has 0 saturated carbocycles. The summed E-state index contributed by atoms with van der Waals surface area (Å²) in [4.78, 5) is 15.5. The number of carbonyl (C=O) groups excluding carboxylic acids is 1. The Morgan fingerprint density at radius 2 is 1.92 bits per heavy atom. The summed E-state index contributed by atoms with van der Waals surface area (Å²) in [6.45, 7) is 0. The number of nitrogens with one attached hydrogen (secondary N) is 1. The van der Waals surface area contributed by atoms with Gasteiger partial charge in [0.1, 0.15) is 17.3 Å². The number of Topliss-reactive ketones (excluding diaryl/α,β-unsaturated/α-hetero) is 1. The monoisotopic (exact) mass is 327 g/mol. The average Bonchev–Trinajstić information content (AvgIpc) is 3.02. The maximum atomic E-state index is 13.2. The number of aromatic nitrogens is 1. The Kier molecular flexibility index (Phi) is 4.51. The van der Waals surface area contributed by atoms with Crippen LogP contribution in [0.25, 0.3) is 10.9 Å². The minimum Gasteiger partial charge on any atom is -0.497 e. The molecule has 0 bridgehead atoms. The van der Waals surface area contributed by atoms with Crippen molar-refractivity contribution < 1.29 is 18.7 Å². The first-order chi connectivity index (χ1) is 11.6. The van der Waals surface area contributed by atoms with E-state index in [4.69, 9.17) is 9.47 Å². The summed E-state index contributed by atoms with van der Waals surface area (Å²) >= 11 is 0. The third kappa shape index (κ3) is 3.25. The predicted molar refractivity (Wildman–Crippen MR) is 90.5 cm³/mol. The predicted octanol–water partition coefficient (Wildman–Crippen LogP) is 4.14. The Morgan fingerprint density at radius 3 is 2.67 bits per heavy atom. The maximum absolute atomic E-state index is 13.2. The fraction of sp³-hybridized carbons (Fsp3) is 0.211. The summed E-state index contributed by atoms with van der Waals surface area (Å²) in [6.07, 6.45) is 0.849. The van der Waals surface area contributed by atoms with Gasteiger partial charge in [-0.15, -0.1) is 0 Å². The normalized spacial score (nSPS) is 10.8. The van der Waals surface area contributed by atoms with Crippen LogP contribution in [0.3, 0.4) is 0 Å².